The SMILES string of the molecule is C#CCOc1ccc([C@H]2SCC(=O)N2c2ccc(Cl)cc2)cc1. The zero-order chi connectivity index (χ0) is 16.2. The lowest BCUT2D eigenvalue weighted by molar-refractivity contribution is -0.115. The molecular weight excluding hydrogens is 330 g/mol. The molecule has 0 unspecified atom stereocenters. The van der Waals surface area contributed by atoms with E-state index in [1.54, 1.807) is 28.8 Å². The standard InChI is InChI=1S/C18H14ClNO2S/c1-2-11-22-16-9-3-13(4-10-16)18-20(17(21)12-23-18)15-7-5-14(19)6-8-15/h1,3-10,18H,11-12H2/t18-/m1/s1. The van der Waals surface area contributed by atoms with Crippen molar-refractivity contribution in [2.75, 3.05) is 17.3 Å². The molecule has 23 heavy (non-hydrogen) atoms. The molecule has 0 spiro atoms. The van der Waals surface area contributed by atoms with Crippen molar-refractivity contribution in [2.45, 2.75) is 5.37 Å². The molecule has 3 rings (SSSR count). The van der Waals surface area contributed by atoms with Crippen molar-refractivity contribution in [1.82, 2.24) is 0 Å². The van der Waals surface area contributed by atoms with Crippen LogP contribution in [0.4, 0.5) is 5.69 Å². The predicted molar refractivity (Wildman–Crippen MR) is 94.9 cm³/mol. The topological polar surface area (TPSA) is 29.5 Å². The van der Waals surface area contributed by atoms with Crippen LogP contribution in [0, 0.1) is 12.3 Å². The maximum absolute atomic E-state index is 12.3. The number of benzene rings is 2. The highest BCUT2D eigenvalue weighted by Gasteiger charge is 2.33. The third-order valence-electron chi connectivity index (χ3n) is 3.46. The summed E-state index contributed by atoms with van der Waals surface area (Å²) < 4.78 is 5.38. The molecule has 1 aliphatic rings. The van der Waals surface area contributed by atoms with Gasteiger partial charge in [0.05, 0.1) is 5.75 Å². The van der Waals surface area contributed by atoms with Gasteiger partial charge in [-0.2, -0.15) is 0 Å². The highest BCUT2D eigenvalue weighted by molar-refractivity contribution is 8.00. The average molecular weight is 344 g/mol. The van der Waals surface area contributed by atoms with E-state index in [4.69, 9.17) is 22.8 Å². The molecule has 2 aromatic rings. The Bertz CT molecular complexity index is 737. The van der Waals surface area contributed by atoms with E-state index in [0.717, 1.165) is 17.0 Å². The fourth-order valence-corrected chi connectivity index (χ4v) is 3.71. The van der Waals surface area contributed by atoms with Gasteiger partial charge in [0.1, 0.15) is 17.7 Å². The molecule has 1 atom stereocenters. The maximum Gasteiger partial charge on any atom is 0.238 e. The van der Waals surface area contributed by atoms with Crippen LogP contribution in [0.25, 0.3) is 0 Å². The van der Waals surface area contributed by atoms with Crippen molar-refractivity contribution in [1.29, 1.82) is 0 Å². The Balaban J connectivity index is 1.84. The Hall–Kier alpha value is -2.09. The Kier molecular flexibility index (Phi) is 4.80. The van der Waals surface area contributed by atoms with Crippen LogP contribution >= 0.6 is 23.4 Å². The summed E-state index contributed by atoms with van der Waals surface area (Å²) in [5, 5.41) is 0.602. The largest absolute Gasteiger partial charge is 0.481 e. The number of carbonyl (C=O) groups is 1. The summed E-state index contributed by atoms with van der Waals surface area (Å²) in [6.45, 7) is 0.243. The maximum atomic E-state index is 12.3. The second kappa shape index (κ2) is 6.99. The van der Waals surface area contributed by atoms with E-state index >= 15 is 0 Å². The number of amides is 1. The summed E-state index contributed by atoms with van der Waals surface area (Å²) in [7, 11) is 0. The van der Waals surface area contributed by atoms with Gasteiger partial charge in [0.25, 0.3) is 0 Å². The van der Waals surface area contributed by atoms with Crippen LogP contribution < -0.4 is 9.64 Å². The normalized spacial score (nSPS) is 17.1. The van der Waals surface area contributed by atoms with Gasteiger partial charge in [-0.15, -0.1) is 18.2 Å². The van der Waals surface area contributed by atoms with Gasteiger partial charge >= 0.3 is 0 Å². The fourth-order valence-electron chi connectivity index (χ4n) is 2.41. The minimum Gasteiger partial charge on any atom is -0.481 e. The first kappa shape index (κ1) is 15.8. The van der Waals surface area contributed by atoms with Gasteiger partial charge in [0.2, 0.25) is 5.91 Å². The van der Waals surface area contributed by atoms with Gasteiger partial charge < -0.3 is 4.74 Å². The number of nitrogens with zero attached hydrogens (tertiary/aromatic N) is 1. The Morgan fingerprint density at radius 2 is 1.91 bits per heavy atom. The van der Waals surface area contributed by atoms with Gasteiger partial charge in [-0.25, -0.2) is 0 Å². The summed E-state index contributed by atoms with van der Waals surface area (Å²) in [4.78, 5) is 14.1. The monoisotopic (exact) mass is 343 g/mol. The van der Waals surface area contributed by atoms with E-state index in [1.165, 1.54) is 0 Å². The van der Waals surface area contributed by atoms with Crippen LogP contribution in [0.5, 0.6) is 5.75 Å². The molecule has 3 nitrogen and oxygen atoms in total. The molecule has 5 heteroatoms. The van der Waals surface area contributed by atoms with E-state index in [0.29, 0.717) is 10.8 Å². The molecule has 1 heterocycles. The molecule has 0 bridgehead atoms. The van der Waals surface area contributed by atoms with E-state index in [-0.39, 0.29) is 17.9 Å². The number of halogens is 1. The van der Waals surface area contributed by atoms with E-state index in [9.17, 15) is 4.79 Å². The molecule has 1 aliphatic heterocycles. The van der Waals surface area contributed by atoms with Crippen LogP contribution in [0.2, 0.25) is 5.02 Å². The second-order valence-electron chi connectivity index (χ2n) is 4.97. The molecule has 1 amide bonds. The van der Waals surface area contributed by atoms with Gasteiger partial charge in [-0.05, 0) is 42.0 Å². The van der Waals surface area contributed by atoms with E-state index in [2.05, 4.69) is 5.92 Å². The number of anilines is 1. The van der Waals surface area contributed by atoms with Crippen molar-refractivity contribution >= 4 is 35.0 Å². The lowest BCUT2D eigenvalue weighted by Gasteiger charge is -2.24. The zero-order valence-electron chi connectivity index (χ0n) is 12.2. The molecular formula is C18H14ClNO2S. The molecule has 116 valence electrons. The number of ether oxygens (including phenoxy) is 1. The average Bonchev–Trinajstić information content (AvgIpc) is 2.96. The second-order valence-corrected chi connectivity index (χ2v) is 6.47. The van der Waals surface area contributed by atoms with Crippen LogP contribution in [0.15, 0.2) is 48.5 Å². The van der Waals surface area contributed by atoms with Crippen molar-refractivity contribution in [3.8, 4) is 18.1 Å². The number of rotatable bonds is 4. The third-order valence-corrected chi connectivity index (χ3v) is 4.92. The summed E-state index contributed by atoms with van der Waals surface area (Å²) in [6, 6.07) is 15.0. The van der Waals surface area contributed by atoms with Crippen LogP contribution in [-0.2, 0) is 4.79 Å². The molecule has 1 saturated heterocycles. The summed E-state index contributed by atoms with van der Waals surface area (Å²) in [6.07, 6.45) is 5.18. The molecule has 1 fully saturated rings. The van der Waals surface area contributed by atoms with Crippen LogP contribution in [-0.4, -0.2) is 18.3 Å². The van der Waals surface area contributed by atoms with Crippen molar-refractivity contribution in [2.24, 2.45) is 0 Å². The van der Waals surface area contributed by atoms with Crippen molar-refractivity contribution < 1.29 is 9.53 Å². The summed E-state index contributed by atoms with van der Waals surface area (Å²) >= 11 is 7.54. The van der Waals surface area contributed by atoms with E-state index in [1.807, 2.05) is 36.4 Å². The lowest BCUT2D eigenvalue weighted by Crippen LogP contribution is -2.27. The molecule has 0 aliphatic carbocycles. The first-order valence-corrected chi connectivity index (χ1v) is 8.47. The first-order valence-electron chi connectivity index (χ1n) is 7.04. The zero-order valence-corrected chi connectivity index (χ0v) is 13.8. The Labute approximate surface area is 144 Å². The molecule has 0 aromatic heterocycles. The Morgan fingerprint density at radius 1 is 1.22 bits per heavy atom. The quantitative estimate of drug-likeness (QED) is 0.782. The first-order chi connectivity index (χ1) is 11.2. The predicted octanol–water partition coefficient (Wildman–Crippen LogP) is 4.13. The van der Waals surface area contributed by atoms with Gasteiger partial charge in [0, 0.05) is 10.7 Å². The highest BCUT2D eigenvalue weighted by Crippen LogP contribution is 2.42. The molecule has 2 aromatic carbocycles. The number of thioether (sulfide) groups is 1. The van der Waals surface area contributed by atoms with Crippen LogP contribution in [0.3, 0.4) is 0 Å². The molecule has 0 radical (unpaired) electrons. The number of terminal acetylenes is 1. The number of hydrogen-bond acceptors (Lipinski definition) is 3. The minimum atomic E-state index is -0.0506. The third kappa shape index (κ3) is 3.47. The number of hydrogen-bond donors (Lipinski definition) is 0. The van der Waals surface area contributed by atoms with Gasteiger partial charge in [-0.3, -0.25) is 9.69 Å². The highest BCUT2D eigenvalue weighted by atomic mass is 35.5. The van der Waals surface area contributed by atoms with Gasteiger partial charge in [-0.1, -0.05) is 29.7 Å². The van der Waals surface area contributed by atoms with E-state index < -0.39 is 0 Å². The Morgan fingerprint density at radius 3 is 2.57 bits per heavy atom. The molecule has 0 saturated carbocycles. The van der Waals surface area contributed by atoms with Gasteiger partial charge in [0.15, 0.2) is 0 Å². The summed E-state index contributed by atoms with van der Waals surface area (Å²) in [5.41, 5.74) is 1.89. The summed E-state index contributed by atoms with van der Waals surface area (Å²) in [5.74, 6) is 3.71. The smallest absolute Gasteiger partial charge is 0.238 e. The molecule has 0 N–H and O–H groups in total. The lowest BCUT2D eigenvalue weighted by atomic mass is 10.2. The van der Waals surface area contributed by atoms with Crippen LogP contribution in [0.1, 0.15) is 10.9 Å². The van der Waals surface area contributed by atoms with Crippen molar-refractivity contribution in [3.63, 3.8) is 0 Å². The fraction of sp³-hybridized carbons (Fsp3) is 0.167. The number of carbonyl (C=O) groups excluding carboxylic acids is 1. The minimum absolute atomic E-state index is 0.0506. The van der Waals surface area contributed by atoms with Crippen molar-refractivity contribution in [3.05, 3.63) is 59.1 Å².